The molecule has 1 amide bonds. The predicted molar refractivity (Wildman–Crippen MR) is 85.7 cm³/mol. The van der Waals surface area contributed by atoms with Crippen LogP contribution in [0.15, 0.2) is 48.5 Å². The zero-order valence-electron chi connectivity index (χ0n) is 12.4. The second kappa shape index (κ2) is 7.60. The number of carbonyl (C=O) groups excluding carboxylic acids is 1. The fourth-order valence-corrected chi connectivity index (χ4v) is 2.28. The smallest absolute Gasteiger partial charge is 0.220 e. The first-order valence-electron chi connectivity index (χ1n) is 7.27. The summed E-state index contributed by atoms with van der Waals surface area (Å²) in [5, 5.41) is 2.96. The van der Waals surface area contributed by atoms with Crippen LogP contribution in [0.3, 0.4) is 0 Å². The van der Waals surface area contributed by atoms with Crippen molar-refractivity contribution < 1.29 is 4.79 Å². The molecule has 2 aromatic rings. The summed E-state index contributed by atoms with van der Waals surface area (Å²) in [5.41, 5.74) is 10.2. The van der Waals surface area contributed by atoms with Gasteiger partial charge in [-0.1, -0.05) is 54.1 Å². The molecule has 0 heterocycles. The van der Waals surface area contributed by atoms with Gasteiger partial charge in [0.15, 0.2) is 0 Å². The zero-order chi connectivity index (χ0) is 15.1. The van der Waals surface area contributed by atoms with Gasteiger partial charge >= 0.3 is 0 Å². The van der Waals surface area contributed by atoms with Crippen molar-refractivity contribution in [3.05, 3.63) is 70.8 Å². The third kappa shape index (κ3) is 5.04. The van der Waals surface area contributed by atoms with Crippen LogP contribution in [-0.2, 0) is 24.3 Å². The molecule has 0 aliphatic rings. The molecule has 0 aliphatic carbocycles. The van der Waals surface area contributed by atoms with Gasteiger partial charge in [-0.15, -0.1) is 0 Å². The van der Waals surface area contributed by atoms with Gasteiger partial charge in [0, 0.05) is 19.5 Å². The average molecular weight is 282 g/mol. The monoisotopic (exact) mass is 282 g/mol. The van der Waals surface area contributed by atoms with Crippen LogP contribution in [-0.4, -0.2) is 5.91 Å². The van der Waals surface area contributed by atoms with E-state index in [1.165, 1.54) is 11.1 Å². The van der Waals surface area contributed by atoms with Crippen LogP contribution < -0.4 is 11.1 Å². The van der Waals surface area contributed by atoms with E-state index in [9.17, 15) is 4.79 Å². The van der Waals surface area contributed by atoms with E-state index in [1.54, 1.807) is 0 Å². The van der Waals surface area contributed by atoms with Crippen LogP contribution >= 0.6 is 0 Å². The molecular formula is C18H22N2O. The zero-order valence-corrected chi connectivity index (χ0v) is 12.4. The summed E-state index contributed by atoms with van der Waals surface area (Å²) in [6, 6.07) is 16.3. The van der Waals surface area contributed by atoms with E-state index in [4.69, 9.17) is 5.73 Å². The Morgan fingerprint density at radius 1 is 1.05 bits per heavy atom. The SMILES string of the molecule is Cc1cccc(CCC(=O)NCc2cccc(CN)c2)c1. The number of amides is 1. The van der Waals surface area contributed by atoms with Crippen molar-refractivity contribution >= 4 is 5.91 Å². The van der Waals surface area contributed by atoms with Gasteiger partial charge in [0.1, 0.15) is 0 Å². The quantitative estimate of drug-likeness (QED) is 0.856. The van der Waals surface area contributed by atoms with Gasteiger partial charge in [-0.05, 0) is 30.0 Å². The summed E-state index contributed by atoms with van der Waals surface area (Å²) in [5.74, 6) is 0.0784. The lowest BCUT2D eigenvalue weighted by molar-refractivity contribution is -0.121. The summed E-state index contributed by atoms with van der Waals surface area (Å²) in [6.45, 7) is 3.14. The molecule has 0 saturated carbocycles. The molecule has 0 atom stereocenters. The molecule has 21 heavy (non-hydrogen) atoms. The summed E-state index contributed by atoms with van der Waals surface area (Å²) < 4.78 is 0. The average Bonchev–Trinajstić information content (AvgIpc) is 2.51. The Kier molecular flexibility index (Phi) is 5.52. The minimum Gasteiger partial charge on any atom is -0.352 e. The Hall–Kier alpha value is -2.13. The Labute approximate surface area is 126 Å². The summed E-state index contributed by atoms with van der Waals surface area (Å²) in [7, 11) is 0. The fraction of sp³-hybridized carbons (Fsp3) is 0.278. The first-order valence-corrected chi connectivity index (χ1v) is 7.27. The molecule has 3 nitrogen and oxygen atoms in total. The van der Waals surface area contributed by atoms with Crippen molar-refractivity contribution in [2.45, 2.75) is 32.9 Å². The number of carbonyl (C=O) groups is 1. The van der Waals surface area contributed by atoms with Crippen molar-refractivity contribution in [1.29, 1.82) is 0 Å². The standard InChI is InChI=1S/C18H22N2O/c1-14-4-2-5-15(10-14)8-9-18(21)20-13-17-7-3-6-16(11-17)12-19/h2-7,10-11H,8-9,12-13,19H2,1H3,(H,20,21). The highest BCUT2D eigenvalue weighted by atomic mass is 16.1. The number of nitrogens with two attached hydrogens (primary N) is 1. The second-order valence-corrected chi connectivity index (χ2v) is 5.29. The van der Waals surface area contributed by atoms with E-state index in [0.717, 1.165) is 17.5 Å². The first kappa shape index (κ1) is 15.3. The molecule has 0 bridgehead atoms. The number of aryl methyl sites for hydroxylation is 2. The van der Waals surface area contributed by atoms with Crippen molar-refractivity contribution in [2.75, 3.05) is 0 Å². The minimum absolute atomic E-state index is 0.0784. The lowest BCUT2D eigenvalue weighted by Gasteiger charge is -2.07. The number of nitrogens with one attached hydrogen (secondary N) is 1. The highest BCUT2D eigenvalue weighted by molar-refractivity contribution is 5.76. The van der Waals surface area contributed by atoms with Crippen molar-refractivity contribution in [3.63, 3.8) is 0 Å². The van der Waals surface area contributed by atoms with Gasteiger partial charge in [-0.3, -0.25) is 4.79 Å². The third-order valence-electron chi connectivity index (χ3n) is 3.44. The highest BCUT2D eigenvalue weighted by Crippen LogP contribution is 2.07. The molecule has 110 valence electrons. The number of hydrogen-bond donors (Lipinski definition) is 2. The van der Waals surface area contributed by atoms with Crippen LogP contribution in [0.25, 0.3) is 0 Å². The molecule has 0 fully saturated rings. The lowest BCUT2D eigenvalue weighted by Crippen LogP contribution is -2.23. The van der Waals surface area contributed by atoms with Gasteiger partial charge in [0.05, 0.1) is 0 Å². The molecule has 2 aromatic carbocycles. The minimum atomic E-state index is 0.0784. The van der Waals surface area contributed by atoms with E-state index in [1.807, 2.05) is 30.3 Å². The van der Waals surface area contributed by atoms with E-state index < -0.39 is 0 Å². The lowest BCUT2D eigenvalue weighted by atomic mass is 10.1. The summed E-state index contributed by atoms with van der Waals surface area (Å²) in [4.78, 5) is 11.9. The van der Waals surface area contributed by atoms with Crippen LogP contribution in [0, 0.1) is 6.92 Å². The number of benzene rings is 2. The Morgan fingerprint density at radius 3 is 2.52 bits per heavy atom. The largest absolute Gasteiger partial charge is 0.352 e. The van der Waals surface area contributed by atoms with E-state index in [-0.39, 0.29) is 5.91 Å². The summed E-state index contributed by atoms with van der Waals surface area (Å²) in [6.07, 6.45) is 1.29. The van der Waals surface area contributed by atoms with Crippen molar-refractivity contribution in [1.82, 2.24) is 5.32 Å². The van der Waals surface area contributed by atoms with Gasteiger partial charge < -0.3 is 11.1 Å². The Bertz CT molecular complexity index is 608. The van der Waals surface area contributed by atoms with Crippen molar-refractivity contribution in [2.24, 2.45) is 5.73 Å². The van der Waals surface area contributed by atoms with Crippen molar-refractivity contribution in [3.8, 4) is 0 Å². The van der Waals surface area contributed by atoms with Gasteiger partial charge in [0.25, 0.3) is 0 Å². The molecule has 0 saturated heterocycles. The molecule has 0 aliphatic heterocycles. The molecular weight excluding hydrogens is 260 g/mol. The number of rotatable bonds is 6. The van der Waals surface area contributed by atoms with Crippen LogP contribution in [0.5, 0.6) is 0 Å². The number of hydrogen-bond acceptors (Lipinski definition) is 2. The molecule has 0 radical (unpaired) electrons. The Morgan fingerprint density at radius 2 is 1.76 bits per heavy atom. The maximum Gasteiger partial charge on any atom is 0.220 e. The summed E-state index contributed by atoms with van der Waals surface area (Å²) >= 11 is 0. The first-order chi connectivity index (χ1) is 10.2. The highest BCUT2D eigenvalue weighted by Gasteiger charge is 2.03. The van der Waals surface area contributed by atoms with Gasteiger partial charge in [0.2, 0.25) is 5.91 Å². The molecule has 0 unspecified atom stereocenters. The predicted octanol–water partition coefficient (Wildman–Crippen LogP) is 2.70. The van der Waals surface area contributed by atoms with E-state index in [0.29, 0.717) is 19.5 Å². The van der Waals surface area contributed by atoms with Crippen LogP contribution in [0.1, 0.15) is 28.7 Å². The van der Waals surface area contributed by atoms with Gasteiger partial charge in [-0.25, -0.2) is 0 Å². The molecule has 0 spiro atoms. The second-order valence-electron chi connectivity index (χ2n) is 5.29. The van der Waals surface area contributed by atoms with Crippen LogP contribution in [0.4, 0.5) is 0 Å². The van der Waals surface area contributed by atoms with E-state index >= 15 is 0 Å². The molecule has 3 heteroatoms. The molecule has 0 aromatic heterocycles. The topological polar surface area (TPSA) is 55.1 Å². The Balaban J connectivity index is 1.79. The van der Waals surface area contributed by atoms with Gasteiger partial charge in [-0.2, -0.15) is 0 Å². The normalized spacial score (nSPS) is 10.4. The molecule has 2 rings (SSSR count). The third-order valence-corrected chi connectivity index (χ3v) is 3.44. The maximum absolute atomic E-state index is 11.9. The van der Waals surface area contributed by atoms with E-state index in [2.05, 4.69) is 30.4 Å². The van der Waals surface area contributed by atoms with Crippen LogP contribution in [0.2, 0.25) is 0 Å². The fourth-order valence-electron chi connectivity index (χ4n) is 2.28. The maximum atomic E-state index is 11.9. The molecule has 3 N–H and O–H groups in total.